The summed E-state index contributed by atoms with van der Waals surface area (Å²) < 4.78 is 11.0. The second kappa shape index (κ2) is 5.03. The first-order chi connectivity index (χ1) is 7.81. The molecular formula is C12H11ClO3. The van der Waals surface area contributed by atoms with Crippen LogP contribution in [0.4, 0.5) is 0 Å². The Balaban J connectivity index is 2.39. The molecule has 0 atom stereocenters. The Kier molecular flexibility index (Phi) is 3.47. The Hall–Kier alpha value is -1.48. The quantitative estimate of drug-likeness (QED) is 0.587. The number of aldehydes is 1. The van der Waals surface area contributed by atoms with Gasteiger partial charge >= 0.3 is 0 Å². The fourth-order valence-corrected chi connectivity index (χ4v) is 1.77. The first kappa shape index (κ1) is 11.0. The van der Waals surface area contributed by atoms with E-state index in [0.717, 1.165) is 18.3 Å². The molecule has 84 valence electrons. The fraction of sp³-hybridized carbons (Fsp3) is 0.250. The highest BCUT2D eigenvalue weighted by molar-refractivity contribution is 6.32. The number of hydrogen-bond donors (Lipinski definition) is 0. The number of carbonyl (C=O) groups is 1. The predicted molar refractivity (Wildman–Crippen MR) is 62.2 cm³/mol. The molecule has 0 bridgehead atoms. The van der Waals surface area contributed by atoms with E-state index in [1.54, 1.807) is 12.1 Å². The summed E-state index contributed by atoms with van der Waals surface area (Å²) in [6.45, 7) is 1.22. The molecule has 0 aromatic heterocycles. The number of allylic oxidation sites excluding steroid dienone is 1. The van der Waals surface area contributed by atoms with Crippen LogP contribution in [0.2, 0.25) is 5.02 Å². The van der Waals surface area contributed by atoms with E-state index in [1.807, 2.05) is 6.07 Å². The summed E-state index contributed by atoms with van der Waals surface area (Å²) in [5.74, 6) is 1.22. The van der Waals surface area contributed by atoms with E-state index < -0.39 is 0 Å². The van der Waals surface area contributed by atoms with Crippen LogP contribution in [0, 0.1) is 0 Å². The fourth-order valence-electron chi connectivity index (χ4n) is 1.50. The third-order valence-electron chi connectivity index (χ3n) is 2.19. The number of hydrogen-bond acceptors (Lipinski definition) is 3. The monoisotopic (exact) mass is 238 g/mol. The van der Waals surface area contributed by atoms with Crippen LogP contribution in [0.1, 0.15) is 12.0 Å². The van der Waals surface area contributed by atoms with Gasteiger partial charge < -0.3 is 9.47 Å². The van der Waals surface area contributed by atoms with Gasteiger partial charge in [-0.05, 0) is 23.8 Å². The van der Waals surface area contributed by atoms with Crippen LogP contribution in [0.15, 0.2) is 18.2 Å². The second-order valence-corrected chi connectivity index (χ2v) is 3.78. The average molecular weight is 239 g/mol. The van der Waals surface area contributed by atoms with Gasteiger partial charge in [-0.3, -0.25) is 4.79 Å². The minimum atomic E-state index is 0.505. The van der Waals surface area contributed by atoms with Crippen LogP contribution in [0.25, 0.3) is 6.08 Å². The van der Waals surface area contributed by atoms with Crippen LogP contribution >= 0.6 is 11.6 Å². The summed E-state index contributed by atoms with van der Waals surface area (Å²) in [4.78, 5) is 10.2. The van der Waals surface area contributed by atoms with Crippen LogP contribution in [0.3, 0.4) is 0 Å². The van der Waals surface area contributed by atoms with Crippen LogP contribution < -0.4 is 9.47 Å². The molecule has 3 nitrogen and oxygen atoms in total. The Labute approximate surface area is 98.6 Å². The number of benzene rings is 1. The van der Waals surface area contributed by atoms with Crippen molar-refractivity contribution in [1.82, 2.24) is 0 Å². The van der Waals surface area contributed by atoms with E-state index in [0.29, 0.717) is 29.7 Å². The van der Waals surface area contributed by atoms with Gasteiger partial charge in [-0.2, -0.15) is 0 Å². The van der Waals surface area contributed by atoms with Gasteiger partial charge in [0.25, 0.3) is 0 Å². The van der Waals surface area contributed by atoms with Crippen LogP contribution in [0.5, 0.6) is 11.5 Å². The minimum absolute atomic E-state index is 0.505. The van der Waals surface area contributed by atoms with E-state index in [-0.39, 0.29) is 0 Å². The molecule has 4 heteroatoms. The smallest absolute Gasteiger partial charge is 0.179 e. The number of ether oxygens (including phenoxy) is 2. The van der Waals surface area contributed by atoms with E-state index in [4.69, 9.17) is 21.1 Å². The lowest BCUT2D eigenvalue weighted by Crippen LogP contribution is -1.97. The zero-order valence-electron chi connectivity index (χ0n) is 8.61. The predicted octanol–water partition coefficient (Wildman–Crippen LogP) is 2.71. The van der Waals surface area contributed by atoms with Crippen LogP contribution in [-0.2, 0) is 4.79 Å². The summed E-state index contributed by atoms with van der Waals surface area (Å²) in [5, 5.41) is 0.505. The molecule has 0 N–H and O–H groups in total. The summed E-state index contributed by atoms with van der Waals surface area (Å²) in [6, 6.07) is 3.56. The maximum absolute atomic E-state index is 10.2. The van der Waals surface area contributed by atoms with E-state index in [2.05, 4.69) is 0 Å². The number of halogens is 1. The Bertz CT molecular complexity index is 427. The van der Waals surface area contributed by atoms with Gasteiger partial charge in [0.15, 0.2) is 11.5 Å². The highest BCUT2D eigenvalue weighted by Crippen LogP contribution is 2.38. The van der Waals surface area contributed by atoms with Crippen molar-refractivity contribution in [2.24, 2.45) is 0 Å². The molecule has 1 heterocycles. The number of fused-ring (bicyclic) bond motifs is 1. The molecular weight excluding hydrogens is 228 g/mol. The Morgan fingerprint density at radius 3 is 2.88 bits per heavy atom. The summed E-state index contributed by atoms with van der Waals surface area (Å²) in [6.07, 6.45) is 4.64. The SMILES string of the molecule is O=CC=Cc1cc(Cl)c2c(c1)OCCCO2. The molecule has 1 aliphatic rings. The van der Waals surface area contributed by atoms with Crippen molar-refractivity contribution in [2.75, 3.05) is 13.2 Å². The Morgan fingerprint density at radius 2 is 2.06 bits per heavy atom. The van der Waals surface area contributed by atoms with Crippen molar-refractivity contribution < 1.29 is 14.3 Å². The van der Waals surface area contributed by atoms with Crippen molar-refractivity contribution in [1.29, 1.82) is 0 Å². The van der Waals surface area contributed by atoms with Gasteiger partial charge in [0, 0.05) is 6.42 Å². The van der Waals surface area contributed by atoms with Crippen molar-refractivity contribution in [3.05, 3.63) is 28.8 Å². The van der Waals surface area contributed by atoms with Gasteiger partial charge in [0.05, 0.1) is 18.2 Å². The summed E-state index contributed by atoms with van der Waals surface area (Å²) in [7, 11) is 0. The van der Waals surface area contributed by atoms with Gasteiger partial charge in [-0.1, -0.05) is 17.7 Å². The molecule has 16 heavy (non-hydrogen) atoms. The highest BCUT2D eigenvalue weighted by atomic mass is 35.5. The third kappa shape index (κ3) is 2.36. The normalized spacial score (nSPS) is 14.8. The van der Waals surface area contributed by atoms with Gasteiger partial charge in [0.1, 0.15) is 6.29 Å². The van der Waals surface area contributed by atoms with Gasteiger partial charge in [-0.25, -0.2) is 0 Å². The van der Waals surface area contributed by atoms with Crippen molar-refractivity contribution in [2.45, 2.75) is 6.42 Å². The van der Waals surface area contributed by atoms with E-state index in [9.17, 15) is 4.79 Å². The van der Waals surface area contributed by atoms with E-state index >= 15 is 0 Å². The molecule has 0 amide bonds. The Morgan fingerprint density at radius 1 is 1.25 bits per heavy atom. The largest absolute Gasteiger partial charge is 0.489 e. The van der Waals surface area contributed by atoms with Gasteiger partial charge in [-0.15, -0.1) is 0 Å². The molecule has 1 aromatic carbocycles. The molecule has 0 saturated heterocycles. The second-order valence-electron chi connectivity index (χ2n) is 3.38. The molecule has 0 spiro atoms. The first-order valence-corrected chi connectivity index (χ1v) is 5.40. The summed E-state index contributed by atoms with van der Waals surface area (Å²) >= 11 is 6.07. The molecule has 0 saturated carbocycles. The van der Waals surface area contributed by atoms with Crippen molar-refractivity contribution >= 4 is 24.0 Å². The molecule has 0 unspecified atom stereocenters. The molecule has 0 aliphatic carbocycles. The molecule has 2 rings (SSSR count). The lowest BCUT2D eigenvalue weighted by Gasteiger charge is -2.09. The van der Waals surface area contributed by atoms with Crippen molar-refractivity contribution in [3.63, 3.8) is 0 Å². The third-order valence-corrected chi connectivity index (χ3v) is 2.47. The molecule has 1 aromatic rings. The maximum atomic E-state index is 10.2. The topological polar surface area (TPSA) is 35.5 Å². The van der Waals surface area contributed by atoms with Crippen LogP contribution in [-0.4, -0.2) is 19.5 Å². The molecule has 0 fully saturated rings. The number of carbonyl (C=O) groups excluding carboxylic acids is 1. The van der Waals surface area contributed by atoms with Crippen molar-refractivity contribution in [3.8, 4) is 11.5 Å². The number of rotatable bonds is 2. The lowest BCUT2D eigenvalue weighted by atomic mass is 10.2. The first-order valence-electron chi connectivity index (χ1n) is 5.02. The van der Waals surface area contributed by atoms with Gasteiger partial charge in [0.2, 0.25) is 0 Å². The molecule has 1 aliphatic heterocycles. The minimum Gasteiger partial charge on any atom is -0.489 e. The standard InChI is InChI=1S/C12H11ClO3/c13-10-7-9(3-1-4-14)8-11-12(10)16-6-2-5-15-11/h1,3-4,7-8H,2,5-6H2. The zero-order chi connectivity index (χ0) is 11.4. The average Bonchev–Trinajstić information content (AvgIpc) is 2.51. The molecule has 0 radical (unpaired) electrons. The lowest BCUT2D eigenvalue weighted by molar-refractivity contribution is -0.104. The van der Waals surface area contributed by atoms with E-state index in [1.165, 1.54) is 6.08 Å². The highest BCUT2D eigenvalue weighted by Gasteiger charge is 2.14. The maximum Gasteiger partial charge on any atom is 0.179 e. The summed E-state index contributed by atoms with van der Waals surface area (Å²) in [5.41, 5.74) is 0.821. The zero-order valence-corrected chi connectivity index (χ0v) is 9.37.